The van der Waals surface area contributed by atoms with Crippen molar-refractivity contribution in [3.8, 4) is 0 Å². The van der Waals surface area contributed by atoms with Gasteiger partial charge < -0.3 is 10.8 Å². The van der Waals surface area contributed by atoms with Gasteiger partial charge in [0, 0.05) is 0 Å². The van der Waals surface area contributed by atoms with Crippen molar-refractivity contribution in [2.24, 2.45) is 11.1 Å². The van der Waals surface area contributed by atoms with Crippen molar-refractivity contribution in [3.05, 3.63) is 0 Å². The molecule has 3 nitrogen and oxygen atoms in total. The number of hydrogen-bond donors (Lipinski definition) is 2. The molecule has 0 saturated heterocycles. The molecule has 1 aliphatic rings. The van der Waals surface area contributed by atoms with Crippen molar-refractivity contribution in [1.82, 2.24) is 0 Å². The number of hydrogen-bond acceptors (Lipinski definition) is 2. The highest BCUT2D eigenvalue weighted by molar-refractivity contribution is 5.74. The summed E-state index contributed by atoms with van der Waals surface area (Å²) in [6.07, 6.45) is -4.47. The Labute approximate surface area is 72.7 Å². The van der Waals surface area contributed by atoms with Gasteiger partial charge in [0.1, 0.15) is 6.04 Å². The van der Waals surface area contributed by atoms with Crippen molar-refractivity contribution >= 4 is 5.97 Å². The molecule has 76 valence electrons. The predicted octanol–water partition coefficient (Wildman–Crippen LogP) is 1.13. The lowest BCUT2D eigenvalue weighted by Crippen LogP contribution is -2.59. The first-order valence-electron chi connectivity index (χ1n) is 3.86. The van der Waals surface area contributed by atoms with Crippen LogP contribution in [-0.2, 0) is 4.79 Å². The molecule has 1 atom stereocenters. The molecule has 6 heteroatoms. The molecular weight excluding hydrogens is 187 g/mol. The first kappa shape index (κ1) is 10.3. The topological polar surface area (TPSA) is 63.3 Å². The van der Waals surface area contributed by atoms with Gasteiger partial charge in [0.2, 0.25) is 0 Å². The second-order valence-electron chi connectivity index (χ2n) is 3.32. The summed E-state index contributed by atoms with van der Waals surface area (Å²) >= 11 is 0. The molecular formula is C7H10F3NO2. The molecule has 0 bridgehead atoms. The van der Waals surface area contributed by atoms with Crippen LogP contribution < -0.4 is 5.73 Å². The van der Waals surface area contributed by atoms with Crippen LogP contribution in [0.3, 0.4) is 0 Å². The largest absolute Gasteiger partial charge is 0.480 e. The maximum Gasteiger partial charge on any atom is 0.396 e. The first-order chi connectivity index (χ1) is 5.81. The molecule has 1 saturated carbocycles. The zero-order valence-electron chi connectivity index (χ0n) is 6.77. The quantitative estimate of drug-likeness (QED) is 0.697. The van der Waals surface area contributed by atoms with Gasteiger partial charge in [0.15, 0.2) is 0 Å². The fourth-order valence-electron chi connectivity index (χ4n) is 1.56. The van der Waals surface area contributed by atoms with Crippen LogP contribution in [0.15, 0.2) is 0 Å². The van der Waals surface area contributed by atoms with Crippen molar-refractivity contribution in [3.63, 3.8) is 0 Å². The Hall–Kier alpha value is -0.780. The molecule has 0 amide bonds. The van der Waals surface area contributed by atoms with Crippen LogP contribution in [0.25, 0.3) is 0 Å². The SMILES string of the molecule is N[C@H](C(=O)O)C1(C(F)(F)F)CCC1. The van der Waals surface area contributed by atoms with E-state index in [0.717, 1.165) is 0 Å². The molecule has 0 spiro atoms. The molecule has 0 heterocycles. The monoisotopic (exact) mass is 197 g/mol. The summed E-state index contributed by atoms with van der Waals surface area (Å²) in [5.74, 6) is -1.59. The smallest absolute Gasteiger partial charge is 0.396 e. The van der Waals surface area contributed by atoms with E-state index in [0.29, 0.717) is 6.42 Å². The number of halogens is 3. The minimum atomic E-state index is -4.51. The lowest BCUT2D eigenvalue weighted by atomic mass is 9.63. The molecule has 13 heavy (non-hydrogen) atoms. The second kappa shape index (κ2) is 2.87. The van der Waals surface area contributed by atoms with Crippen LogP contribution in [0.4, 0.5) is 13.2 Å². The van der Waals surface area contributed by atoms with Gasteiger partial charge >= 0.3 is 12.1 Å². The van der Waals surface area contributed by atoms with Gasteiger partial charge in [-0.15, -0.1) is 0 Å². The van der Waals surface area contributed by atoms with Crippen LogP contribution in [0, 0.1) is 5.41 Å². The summed E-state index contributed by atoms with van der Waals surface area (Å²) in [5.41, 5.74) is 2.84. The average molecular weight is 197 g/mol. The summed E-state index contributed by atoms with van der Waals surface area (Å²) in [7, 11) is 0. The Kier molecular flexibility index (Phi) is 2.27. The van der Waals surface area contributed by atoms with Gasteiger partial charge in [-0.25, -0.2) is 0 Å². The molecule has 1 fully saturated rings. The van der Waals surface area contributed by atoms with Crippen molar-refractivity contribution in [2.75, 3.05) is 0 Å². The van der Waals surface area contributed by atoms with Gasteiger partial charge in [-0.2, -0.15) is 13.2 Å². The maximum atomic E-state index is 12.4. The van der Waals surface area contributed by atoms with E-state index < -0.39 is 23.6 Å². The van der Waals surface area contributed by atoms with Crippen molar-refractivity contribution < 1.29 is 23.1 Å². The van der Waals surface area contributed by atoms with Gasteiger partial charge in [0.25, 0.3) is 0 Å². The fourth-order valence-corrected chi connectivity index (χ4v) is 1.56. The van der Waals surface area contributed by atoms with Gasteiger partial charge in [-0.1, -0.05) is 6.42 Å². The van der Waals surface area contributed by atoms with Crippen LogP contribution in [-0.4, -0.2) is 23.3 Å². The summed E-state index contributed by atoms with van der Waals surface area (Å²) in [4.78, 5) is 10.4. The van der Waals surface area contributed by atoms with Crippen LogP contribution in [0.5, 0.6) is 0 Å². The highest BCUT2D eigenvalue weighted by atomic mass is 19.4. The summed E-state index contributed by atoms with van der Waals surface area (Å²) < 4.78 is 37.3. The number of carboxylic acids is 1. The van der Waals surface area contributed by atoms with Crippen molar-refractivity contribution in [2.45, 2.75) is 31.5 Å². The van der Waals surface area contributed by atoms with E-state index in [1.165, 1.54) is 0 Å². The number of carboxylic acid groups (broad SMARTS) is 1. The normalized spacial score (nSPS) is 23.4. The van der Waals surface area contributed by atoms with Crippen LogP contribution >= 0.6 is 0 Å². The molecule has 1 rings (SSSR count). The van der Waals surface area contributed by atoms with E-state index >= 15 is 0 Å². The third kappa shape index (κ3) is 1.39. The predicted molar refractivity (Wildman–Crippen MR) is 38.0 cm³/mol. The number of aliphatic carboxylic acids is 1. The highest BCUT2D eigenvalue weighted by Gasteiger charge is 2.63. The zero-order valence-corrected chi connectivity index (χ0v) is 6.77. The lowest BCUT2D eigenvalue weighted by Gasteiger charge is -2.45. The Morgan fingerprint density at radius 1 is 1.46 bits per heavy atom. The Bertz CT molecular complexity index is 222. The Morgan fingerprint density at radius 3 is 2.00 bits per heavy atom. The molecule has 0 aromatic heterocycles. The molecule has 0 aliphatic heterocycles. The fraction of sp³-hybridized carbons (Fsp3) is 0.857. The minimum absolute atomic E-state index is 0.177. The van der Waals surface area contributed by atoms with Gasteiger partial charge in [-0.3, -0.25) is 4.79 Å². The molecule has 1 aliphatic carbocycles. The van der Waals surface area contributed by atoms with E-state index in [1.54, 1.807) is 0 Å². The molecule has 3 N–H and O–H groups in total. The van der Waals surface area contributed by atoms with E-state index in [1.807, 2.05) is 0 Å². The number of rotatable bonds is 2. The maximum absolute atomic E-state index is 12.4. The van der Waals surface area contributed by atoms with E-state index in [9.17, 15) is 18.0 Å². The number of nitrogens with two attached hydrogens (primary N) is 1. The third-order valence-electron chi connectivity index (χ3n) is 2.67. The summed E-state index contributed by atoms with van der Waals surface area (Å²) in [6, 6.07) is -1.83. The Morgan fingerprint density at radius 2 is 1.92 bits per heavy atom. The summed E-state index contributed by atoms with van der Waals surface area (Å²) in [6.45, 7) is 0. The molecule has 0 unspecified atom stereocenters. The number of carbonyl (C=O) groups is 1. The minimum Gasteiger partial charge on any atom is -0.480 e. The standard InChI is InChI=1S/C7H10F3NO2/c8-7(9,10)6(2-1-3-6)4(11)5(12)13/h4H,1-3,11H2,(H,12,13)/t4-/m1/s1. The third-order valence-corrected chi connectivity index (χ3v) is 2.67. The zero-order chi connectivity index (χ0) is 10.3. The van der Waals surface area contributed by atoms with Gasteiger partial charge in [-0.05, 0) is 12.8 Å². The van der Waals surface area contributed by atoms with Gasteiger partial charge in [0.05, 0.1) is 5.41 Å². The molecule has 0 aromatic carbocycles. The highest BCUT2D eigenvalue weighted by Crippen LogP contribution is 2.54. The summed E-state index contributed by atoms with van der Waals surface area (Å²) in [5, 5.41) is 8.42. The van der Waals surface area contributed by atoms with E-state index in [2.05, 4.69) is 0 Å². The molecule has 0 aromatic rings. The van der Waals surface area contributed by atoms with Crippen LogP contribution in [0.1, 0.15) is 19.3 Å². The van der Waals surface area contributed by atoms with E-state index in [4.69, 9.17) is 10.8 Å². The lowest BCUT2D eigenvalue weighted by molar-refractivity contribution is -0.259. The molecule has 0 radical (unpaired) electrons. The number of alkyl halides is 3. The van der Waals surface area contributed by atoms with E-state index in [-0.39, 0.29) is 12.8 Å². The Balaban J connectivity index is 2.88. The first-order valence-corrected chi connectivity index (χ1v) is 3.86. The second-order valence-corrected chi connectivity index (χ2v) is 3.32. The van der Waals surface area contributed by atoms with Crippen LogP contribution in [0.2, 0.25) is 0 Å². The van der Waals surface area contributed by atoms with Crippen molar-refractivity contribution in [1.29, 1.82) is 0 Å². The average Bonchev–Trinajstić information content (AvgIpc) is 1.80.